The molecule has 1 saturated carbocycles. The van der Waals surface area contributed by atoms with Crippen molar-refractivity contribution in [3.05, 3.63) is 58.7 Å². The Bertz CT molecular complexity index is 1500. The number of nitrogens with zero attached hydrogens (tertiary/aromatic N) is 2. The van der Waals surface area contributed by atoms with E-state index in [9.17, 15) is 22.8 Å². The number of esters is 1. The molecule has 13 heteroatoms. The van der Waals surface area contributed by atoms with Crippen LogP contribution in [0.4, 0.5) is 10.5 Å². The van der Waals surface area contributed by atoms with Crippen LogP contribution >= 0.6 is 0 Å². The number of hydrogen-bond donors (Lipinski definition) is 2. The molecule has 2 saturated heterocycles. The monoisotopic (exact) mass is 628 g/mol. The van der Waals surface area contributed by atoms with E-state index in [-0.39, 0.29) is 30.6 Å². The molecule has 1 spiro atoms. The minimum atomic E-state index is -3.57. The molecule has 3 aliphatic rings. The maximum Gasteiger partial charge on any atom is 0.415 e. The summed E-state index contributed by atoms with van der Waals surface area (Å²) in [7, 11) is -2.17. The highest BCUT2D eigenvalue weighted by molar-refractivity contribution is 7.89. The van der Waals surface area contributed by atoms with E-state index in [1.54, 1.807) is 29.2 Å². The number of primary sulfonamides is 1. The Labute approximate surface area is 257 Å². The number of anilines is 1. The predicted octanol–water partition coefficient (Wildman–Crippen LogP) is 3.15. The number of rotatable bonds is 12. The van der Waals surface area contributed by atoms with Gasteiger partial charge in [-0.3, -0.25) is 14.6 Å². The van der Waals surface area contributed by atoms with E-state index in [0.717, 1.165) is 37.1 Å². The van der Waals surface area contributed by atoms with E-state index >= 15 is 0 Å². The molecule has 3 fully saturated rings. The second-order valence-corrected chi connectivity index (χ2v) is 13.4. The molecule has 238 valence electrons. The maximum atomic E-state index is 12.9. The van der Waals surface area contributed by atoms with Gasteiger partial charge in [0, 0.05) is 55.8 Å². The Morgan fingerprint density at radius 2 is 1.84 bits per heavy atom. The Hall–Kier alpha value is -3.68. The van der Waals surface area contributed by atoms with E-state index in [0.29, 0.717) is 61.0 Å². The van der Waals surface area contributed by atoms with Crippen molar-refractivity contribution < 1.29 is 37.0 Å². The van der Waals surface area contributed by atoms with Crippen LogP contribution in [0, 0.1) is 0 Å². The van der Waals surface area contributed by atoms with Crippen molar-refractivity contribution in [2.45, 2.75) is 57.1 Å². The lowest BCUT2D eigenvalue weighted by atomic mass is 9.90. The Morgan fingerprint density at radius 3 is 2.45 bits per heavy atom. The molecule has 0 aromatic heterocycles. The highest BCUT2D eigenvalue weighted by Crippen LogP contribution is 2.44. The number of methoxy groups -OCH3 is 1. The van der Waals surface area contributed by atoms with Crippen LogP contribution in [-0.4, -0.2) is 82.5 Å². The van der Waals surface area contributed by atoms with Crippen LogP contribution in [0.2, 0.25) is 0 Å². The number of ether oxygens (including phenoxy) is 3. The van der Waals surface area contributed by atoms with Crippen LogP contribution in [0.1, 0.15) is 76.8 Å². The van der Waals surface area contributed by atoms with E-state index in [4.69, 9.17) is 19.3 Å². The molecule has 1 aliphatic carbocycles. The zero-order chi connectivity index (χ0) is 31.5. The number of amides is 2. The third-order valence-corrected chi connectivity index (χ3v) is 9.28. The first kappa shape index (κ1) is 31.7. The fourth-order valence-electron chi connectivity index (χ4n) is 5.89. The molecule has 44 heavy (non-hydrogen) atoms. The van der Waals surface area contributed by atoms with Crippen LogP contribution in [0.15, 0.2) is 36.4 Å². The first-order valence-corrected chi connectivity index (χ1v) is 16.7. The highest BCUT2D eigenvalue weighted by atomic mass is 32.2. The SMILES string of the molecule is CCOc1cc(C(=O)OC)c(C2CC2)cc1CN1CCC2(CC1)CN(c1ccc(C(=O)NCCCS(N)(=O)=O)cc1)C(=O)O2. The number of carbonyl (C=O) groups is 3. The average Bonchev–Trinajstić information content (AvgIpc) is 3.80. The van der Waals surface area contributed by atoms with Gasteiger partial charge >= 0.3 is 12.1 Å². The average molecular weight is 629 g/mol. The molecule has 0 unspecified atom stereocenters. The number of benzene rings is 2. The largest absolute Gasteiger partial charge is 0.494 e. The zero-order valence-electron chi connectivity index (χ0n) is 25.2. The topological polar surface area (TPSA) is 158 Å². The van der Waals surface area contributed by atoms with Crippen LogP contribution in [0.3, 0.4) is 0 Å². The summed E-state index contributed by atoms with van der Waals surface area (Å²) in [5, 5.41) is 7.66. The van der Waals surface area contributed by atoms with E-state index in [1.165, 1.54) is 7.11 Å². The maximum absolute atomic E-state index is 12.9. The summed E-state index contributed by atoms with van der Waals surface area (Å²) in [5.74, 6) is 0.176. The lowest BCUT2D eigenvalue weighted by molar-refractivity contribution is -0.00114. The van der Waals surface area contributed by atoms with Crippen LogP contribution in [0.25, 0.3) is 0 Å². The highest BCUT2D eigenvalue weighted by Gasteiger charge is 2.47. The van der Waals surface area contributed by atoms with Gasteiger partial charge in [0.2, 0.25) is 10.0 Å². The molecule has 3 N–H and O–H groups in total. The molecular formula is C31H40N4O8S. The number of sulfonamides is 1. The lowest BCUT2D eigenvalue weighted by Crippen LogP contribution is -2.46. The Morgan fingerprint density at radius 1 is 1.14 bits per heavy atom. The number of likely N-dealkylation sites (tertiary alicyclic amines) is 1. The number of carbonyl (C=O) groups excluding carboxylic acids is 3. The fraction of sp³-hybridized carbons (Fsp3) is 0.516. The van der Waals surface area contributed by atoms with E-state index < -0.39 is 21.7 Å². The van der Waals surface area contributed by atoms with Gasteiger partial charge < -0.3 is 19.5 Å². The van der Waals surface area contributed by atoms with Crippen LogP contribution in [-0.2, 0) is 26.0 Å². The van der Waals surface area contributed by atoms with Gasteiger partial charge in [0.1, 0.15) is 11.4 Å². The Balaban J connectivity index is 1.19. The number of nitrogens with one attached hydrogen (secondary N) is 1. The van der Waals surface area contributed by atoms with Crippen molar-refractivity contribution in [3.8, 4) is 5.75 Å². The molecule has 0 radical (unpaired) electrons. The van der Waals surface area contributed by atoms with Gasteiger partial charge in [-0.15, -0.1) is 0 Å². The standard InChI is InChI=1S/C31H40N4O8S/c1-3-42-27-18-26(29(37)41-2)25(21-5-6-21)17-23(27)19-34-14-11-31(12-15-34)20-35(30(38)43-31)24-9-7-22(8-10-24)28(36)33-13-4-16-44(32,39)40/h7-10,17-18,21H,3-6,11-16,19-20H2,1-2H3,(H,33,36)(H2,32,39,40). The summed E-state index contributed by atoms with van der Waals surface area (Å²) in [5.41, 5.74) is 3.08. The summed E-state index contributed by atoms with van der Waals surface area (Å²) < 4.78 is 39.0. The predicted molar refractivity (Wildman–Crippen MR) is 163 cm³/mol. The third kappa shape index (κ3) is 7.51. The second kappa shape index (κ2) is 13.1. The van der Waals surface area contributed by atoms with Crippen molar-refractivity contribution in [2.24, 2.45) is 5.14 Å². The molecule has 2 aromatic rings. The summed E-state index contributed by atoms with van der Waals surface area (Å²) in [6.45, 7) is 5.13. The molecule has 12 nitrogen and oxygen atoms in total. The second-order valence-electron chi connectivity index (χ2n) is 11.7. The van der Waals surface area contributed by atoms with E-state index in [2.05, 4.69) is 16.3 Å². The lowest BCUT2D eigenvalue weighted by Gasteiger charge is -2.37. The summed E-state index contributed by atoms with van der Waals surface area (Å²) in [6.07, 6.45) is 3.28. The van der Waals surface area contributed by atoms with Gasteiger partial charge in [0.25, 0.3) is 5.91 Å². The third-order valence-electron chi connectivity index (χ3n) is 8.42. The fourth-order valence-corrected chi connectivity index (χ4v) is 6.43. The summed E-state index contributed by atoms with van der Waals surface area (Å²) >= 11 is 0. The zero-order valence-corrected chi connectivity index (χ0v) is 26.0. The smallest absolute Gasteiger partial charge is 0.415 e. The van der Waals surface area contributed by atoms with Gasteiger partial charge in [0.05, 0.1) is 31.6 Å². The summed E-state index contributed by atoms with van der Waals surface area (Å²) in [6, 6.07) is 10.6. The Kier molecular flexibility index (Phi) is 9.47. The quantitative estimate of drug-likeness (QED) is 0.266. The number of hydrogen-bond acceptors (Lipinski definition) is 9. The molecule has 2 aromatic carbocycles. The molecule has 0 bridgehead atoms. The molecule has 2 amide bonds. The van der Waals surface area contributed by atoms with E-state index in [1.807, 2.05) is 13.0 Å². The van der Waals surface area contributed by atoms with Crippen LogP contribution in [0.5, 0.6) is 5.75 Å². The van der Waals surface area contributed by atoms with Crippen molar-refractivity contribution in [3.63, 3.8) is 0 Å². The summed E-state index contributed by atoms with van der Waals surface area (Å²) in [4.78, 5) is 41.7. The molecule has 5 rings (SSSR count). The van der Waals surface area contributed by atoms with Gasteiger partial charge in [-0.05, 0) is 74.1 Å². The minimum Gasteiger partial charge on any atom is -0.494 e. The molecular weight excluding hydrogens is 588 g/mol. The number of nitrogens with two attached hydrogens (primary N) is 1. The van der Waals surface area contributed by atoms with Gasteiger partial charge in [-0.25, -0.2) is 23.1 Å². The van der Waals surface area contributed by atoms with Crippen LogP contribution < -0.4 is 20.1 Å². The van der Waals surface area contributed by atoms with Crippen molar-refractivity contribution in [1.29, 1.82) is 0 Å². The van der Waals surface area contributed by atoms with Gasteiger partial charge in [0.15, 0.2) is 0 Å². The first-order chi connectivity index (χ1) is 21.0. The molecule has 0 atom stereocenters. The first-order valence-electron chi connectivity index (χ1n) is 15.0. The normalized spacial score (nSPS) is 18.2. The van der Waals surface area contributed by atoms with Crippen molar-refractivity contribution in [2.75, 3.05) is 50.5 Å². The van der Waals surface area contributed by atoms with Crippen molar-refractivity contribution >= 4 is 33.7 Å². The number of piperidine rings is 1. The van der Waals surface area contributed by atoms with Crippen molar-refractivity contribution in [1.82, 2.24) is 10.2 Å². The minimum absolute atomic E-state index is 0.183. The van der Waals surface area contributed by atoms with Gasteiger partial charge in [-0.2, -0.15) is 0 Å². The molecule has 2 heterocycles. The molecule has 2 aliphatic heterocycles. The van der Waals surface area contributed by atoms with Gasteiger partial charge in [-0.1, -0.05) is 0 Å².